The normalized spacial score (nSPS) is 23.2. The van der Waals surface area contributed by atoms with Crippen molar-refractivity contribution in [2.75, 3.05) is 13.2 Å². The minimum atomic E-state index is -3.39. The van der Waals surface area contributed by atoms with E-state index in [0.29, 0.717) is 13.0 Å². The van der Waals surface area contributed by atoms with Crippen LogP contribution in [0, 0.1) is 0 Å². The molecule has 1 N–H and O–H groups in total. The molecule has 1 aliphatic heterocycles. The third-order valence-corrected chi connectivity index (χ3v) is 2.30. The first kappa shape index (κ1) is 11.4. The Balaban J connectivity index is 2.57. The molecule has 0 aromatic heterocycles. The molecule has 1 unspecified atom stereocenters. The zero-order valence-corrected chi connectivity index (χ0v) is 8.19. The summed E-state index contributed by atoms with van der Waals surface area (Å²) >= 11 is 0. The molecule has 0 radical (unpaired) electrons. The highest BCUT2D eigenvalue weighted by Crippen LogP contribution is 2.26. The van der Waals surface area contributed by atoms with Crippen LogP contribution in [0.5, 0.6) is 0 Å². The summed E-state index contributed by atoms with van der Waals surface area (Å²) in [7, 11) is 0. The fourth-order valence-electron chi connectivity index (χ4n) is 1.53. The van der Waals surface area contributed by atoms with E-state index in [4.69, 9.17) is 0 Å². The Hall–Kier alpha value is -0.710. The summed E-state index contributed by atoms with van der Waals surface area (Å²) in [5, 5.41) is 2.65. The SMILES string of the molecule is CCOC(=O)C(F)(F)C1CCCCN1. The largest absolute Gasteiger partial charge is 0.462 e. The summed E-state index contributed by atoms with van der Waals surface area (Å²) in [5.74, 6) is -4.81. The first-order valence-electron chi connectivity index (χ1n) is 4.87. The van der Waals surface area contributed by atoms with Crippen LogP contribution in [0.25, 0.3) is 0 Å². The smallest absolute Gasteiger partial charge is 0.378 e. The first-order valence-corrected chi connectivity index (χ1v) is 4.87. The Morgan fingerprint density at radius 2 is 2.29 bits per heavy atom. The Bertz CT molecular complexity index is 203. The van der Waals surface area contributed by atoms with E-state index in [9.17, 15) is 13.6 Å². The van der Waals surface area contributed by atoms with Gasteiger partial charge in [-0.2, -0.15) is 8.78 Å². The highest BCUT2D eigenvalue weighted by Gasteiger charge is 2.48. The van der Waals surface area contributed by atoms with Crippen LogP contribution >= 0.6 is 0 Å². The van der Waals surface area contributed by atoms with Gasteiger partial charge >= 0.3 is 11.9 Å². The number of piperidine rings is 1. The average Bonchev–Trinajstić information content (AvgIpc) is 2.19. The lowest BCUT2D eigenvalue weighted by Gasteiger charge is -2.29. The van der Waals surface area contributed by atoms with Gasteiger partial charge in [0.15, 0.2) is 0 Å². The molecule has 82 valence electrons. The predicted molar refractivity (Wildman–Crippen MR) is 47.2 cm³/mol. The highest BCUT2D eigenvalue weighted by molar-refractivity contribution is 5.78. The number of ether oxygens (including phenoxy) is 1. The summed E-state index contributed by atoms with van der Waals surface area (Å²) in [6, 6.07) is -1.06. The molecule has 1 heterocycles. The Morgan fingerprint density at radius 1 is 1.57 bits per heavy atom. The monoisotopic (exact) mass is 207 g/mol. The quantitative estimate of drug-likeness (QED) is 0.709. The molecule has 1 saturated heterocycles. The van der Waals surface area contributed by atoms with E-state index in [2.05, 4.69) is 10.1 Å². The second kappa shape index (κ2) is 4.68. The standard InChI is InChI=1S/C9H15F2NO2/c1-2-14-8(13)9(10,11)7-5-3-4-6-12-7/h7,12H,2-6H2,1H3. The minimum absolute atomic E-state index is 0.0128. The number of hydrogen-bond acceptors (Lipinski definition) is 3. The molecule has 0 aliphatic carbocycles. The maximum atomic E-state index is 13.4. The van der Waals surface area contributed by atoms with Crippen LogP contribution < -0.4 is 5.32 Å². The van der Waals surface area contributed by atoms with Gasteiger partial charge in [-0.3, -0.25) is 0 Å². The van der Waals surface area contributed by atoms with Crippen LogP contribution in [-0.4, -0.2) is 31.1 Å². The molecule has 1 fully saturated rings. The van der Waals surface area contributed by atoms with E-state index >= 15 is 0 Å². The summed E-state index contributed by atoms with van der Waals surface area (Å²) in [6.45, 7) is 2.04. The number of nitrogens with one attached hydrogen (secondary N) is 1. The molecule has 5 heteroatoms. The summed E-state index contributed by atoms with van der Waals surface area (Å²) < 4.78 is 31.0. The van der Waals surface area contributed by atoms with E-state index in [0.717, 1.165) is 12.8 Å². The van der Waals surface area contributed by atoms with Crippen LogP contribution in [0.4, 0.5) is 8.78 Å². The highest BCUT2D eigenvalue weighted by atomic mass is 19.3. The fraction of sp³-hybridized carbons (Fsp3) is 0.889. The van der Waals surface area contributed by atoms with Crippen molar-refractivity contribution in [2.45, 2.75) is 38.2 Å². The van der Waals surface area contributed by atoms with E-state index < -0.39 is 17.9 Å². The molecule has 1 atom stereocenters. The van der Waals surface area contributed by atoms with Gasteiger partial charge in [0.05, 0.1) is 12.6 Å². The number of esters is 1. The van der Waals surface area contributed by atoms with Crippen molar-refractivity contribution in [3.05, 3.63) is 0 Å². The fourth-order valence-corrected chi connectivity index (χ4v) is 1.53. The van der Waals surface area contributed by atoms with Crippen molar-refractivity contribution < 1.29 is 18.3 Å². The molecule has 0 aromatic rings. The zero-order valence-electron chi connectivity index (χ0n) is 8.19. The third-order valence-electron chi connectivity index (χ3n) is 2.30. The lowest BCUT2D eigenvalue weighted by molar-refractivity contribution is -0.176. The lowest BCUT2D eigenvalue weighted by Crippen LogP contribution is -2.52. The maximum absolute atomic E-state index is 13.4. The molecular formula is C9H15F2NO2. The van der Waals surface area contributed by atoms with Crippen molar-refractivity contribution >= 4 is 5.97 Å². The van der Waals surface area contributed by atoms with Gasteiger partial charge < -0.3 is 10.1 Å². The second-order valence-electron chi connectivity index (χ2n) is 3.35. The van der Waals surface area contributed by atoms with Gasteiger partial charge in [0, 0.05) is 0 Å². The van der Waals surface area contributed by atoms with Gasteiger partial charge in [0.1, 0.15) is 0 Å². The van der Waals surface area contributed by atoms with Crippen LogP contribution in [0.2, 0.25) is 0 Å². The van der Waals surface area contributed by atoms with Gasteiger partial charge in [-0.05, 0) is 26.3 Å². The Morgan fingerprint density at radius 3 is 2.79 bits per heavy atom. The number of rotatable bonds is 3. The molecule has 14 heavy (non-hydrogen) atoms. The average molecular weight is 207 g/mol. The van der Waals surface area contributed by atoms with Crippen molar-refractivity contribution in [3.63, 3.8) is 0 Å². The van der Waals surface area contributed by atoms with Crippen LogP contribution in [0.1, 0.15) is 26.2 Å². The number of carbonyl (C=O) groups excluding carboxylic acids is 1. The van der Waals surface area contributed by atoms with E-state index in [1.165, 1.54) is 6.92 Å². The Kier molecular flexibility index (Phi) is 3.80. The molecular weight excluding hydrogens is 192 g/mol. The third kappa shape index (κ3) is 2.41. The molecule has 0 bridgehead atoms. The van der Waals surface area contributed by atoms with Gasteiger partial charge in [-0.25, -0.2) is 4.79 Å². The molecule has 0 amide bonds. The van der Waals surface area contributed by atoms with E-state index in [1.807, 2.05) is 0 Å². The molecule has 3 nitrogen and oxygen atoms in total. The second-order valence-corrected chi connectivity index (χ2v) is 3.35. The van der Waals surface area contributed by atoms with Gasteiger partial charge in [-0.15, -0.1) is 0 Å². The van der Waals surface area contributed by atoms with E-state index in [-0.39, 0.29) is 6.61 Å². The summed E-state index contributed by atoms with van der Waals surface area (Å²) in [5.41, 5.74) is 0. The zero-order chi connectivity index (χ0) is 10.6. The van der Waals surface area contributed by atoms with Crippen molar-refractivity contribution in [1.82, 2.24) is 5.32 Å². The molecule has 0 spiro atoms. The van der Waals surface area contributed by atoms with Crippen molar-refractivity contribution in [2.24, 2.45) is 0 Å². The van der Waals surface area contributed by atoms with Crippen LogP contribution in [-0.2, 0) is 9.53 Å². The van der Waals surface area contributed by atoms with Gasteiger partial charge in [0.25, 0.3) is 0 Å². The lowest BCUT2D eigenvalue weighted by atomic mass is 9.99. The predicted octanol–water partition coefficient (Wildman–Crippen LogP) is 1.33. The summed E-state index contributed by atoms with van der Waals surface area (Å²) in [6.07, 6.45) is 1.94. The number of hydrogen-bond donors (Lipinski definition) is 1. The summed E-state index contributed by atoms with van der Waals surface area (Å²) in [4.78, 5) is 11.0. The number of halogens is 2. The first-order chi connectivity index (χ1) is 6.59. The van der Waals surface area contributed by atoms with Crippen molar-refractivity contribution in [1.29, 1.82) is 0 Å². The number of carbonyl (C=O) groups is 1. The molecule has 0 aromatic carbocycles. The van der Waals surface area contributed by atoms with Crippen molar-refractivity contribution in [3.8, 4) is 0 Å². The minimum Gasteiger partial charge on any atom is -0.462 e. The Labute approximate surface area is 81.8 Å². The van der Waals surface area contributed by atoms with Crippen LogP contribution in [0.15, 0.2) is 0 Å². The van der Waals surface area contributed by atoms with Gasteiger partial charge in [-0.1, -0.05) is 6.42 Å². The molecule has 0 saturated carbocycles. The number of alkyl halides is 2. The van der Waals surface area contributed by atoms with Crippen LogP contribution in [0.3, 0.4) is 0 Å². The maximum Gasteiger partial charge on any atom is 0.378 e. The van der Waals surface area contributed by atoms with E-state index in [1.54, 1.807) is 0 Å². The molecule has 1 aliphatic rings. The molecule has 1 rings (SSSR count). The van der Waals surface area contributed by atoms with Gasteiger partial charge in [0.2, 0.25) is 0 Å². The topological polar surface area (TPSA) is 38.3 Å².